The summed E-state index contributed by atoms with van der Waals surface area (Å²) in [6, 6.07) is 3.77. The van der Waals surface area contributed by atoms with E-state index >= 15 is 0 Å². The Morgan fingerprint density at radius 1 is 1.36 bits per heavy atom. The van der Waals surface area contributed by atoms with Crippen LogP contribution in [0.4, 0.5) is 0 Å². The zero-order chi connectivity index (χ0) is 17.4. The van der Waals surface area contributed by atoms with Crippen molar-refractivity contribution in [2.24, 2.45) is 5.92 Å². The molecule has 0 radical (unpaired) electrons. The quantitative estimate of drug-likeness (QED) is 0.672. The van der Waals surface area contributed by atoms with Crippen LogP contribution in [-0.4, -0.2) is 50.6 Å². The second kappa shape index (κ2) is 6.54. The van der Waals surface area contributed by atoms with Gasteiger partial charge in [0.15, 0.2) is 0 Å². The predicted molar refractivity (Wildman–Crippen MR) is 96.6 cm³/mol. The van der Waals surface area contributed by atoms with Gasteiger partial charge >= 0.3 is 0 Å². The first-order valence-electron chi connectivity index (χ1n) is 8.38. The zero-order valence-corrected chi connectivity index (χ0v) is 14.4. The number of aliphatic hydroxyl groups is 1. The molecule has 1 saturated heterocycles. The van der Waals surface area contributed by atoms with E-state index in [9.17, 15) is 9.90 Å². The SMILES string of the molecule is O=C(c1cc(-c2c(Cl)cnc3[nH]ccc23)c[nH]1)N1CCC(CO)CC1. The van der Waals surface area contributed by atoms with Gasteiger partial charge in [-0.15, -0.1) is 0 Å². The highest BCUT2D eigenvalue weighted by Crippen LogP contribution is 2.34. The number of halogens is 1. The number of nitrogens with one attached hydrogen (secondary N) is 2. The number of fused-ring (bicyclic) bond motifs is 1. The van der Waals surface area contributed by atoms with Crippen molar-refractivity contribution in [1.82, 2.24) is 19.9 Å². The third kappa shape index (κ3) is 2.92. The minimum absolute atomic E-state index is 0.0156. The molecule has 3 aromatic rings. The number of likely N-dealkylation sites (tertiary alicyclic amines) is 1. The van der Waals surface area contributed by atoms with Gasteiger partial charge in [-0.05, 0) is 30.9 Å². The fourth-order valence-electron chi connectivity index (χ4n) is 3.43. The molecular formula is C18H19ClN4O2. The number of nitrogens with zero attached hydrogens (tertiary/aromatic N) is 2. The van der Waals surface area contributed by atoms with Crippen LogP contribution >= 0.6 is 11.6 Å². The summed E-state index contributed by atoms with van der Waals surface area (Å²) >= 11 is 6.35. The number of pyridine rings is 1. The standard InChI is InChI=1S/C18H19ClN4O2/c19-14-9-22-17-13(1-4-20-17)16(14)12-7-15(21-8-12)18(25)23-5-2-11(10-24)3-6-23/h1,4,7-9,11,21,24H,2-3,5-6,10H2,(H,20,22). The van der Waals surface area contributed by atoms with E-state index in [1.54, 1.807) is 12.4 Å². The monoisotopic (exact) mass is 358 g/mol. The van der Waals surface area contributed by atoms with Crippen molar-refractivity contribution in [2.75, 3.05) is 19.7 Å². The normalized spacial score (nSPS) is 15.8. The zero-order valence-electron chi connectivity index (χ0n) is 13.6. The van der Waals surface area contributed by atoms with E-state index in [-0.39, 0.29) is 12.5 Å². The van der Waals surface area contributed by atoms with Gasteiger partial charge < -0.3 is 20.0 Å². The van der Waals surface area contributed by atoms with E-state index in [0.29, 0.717) is 29.7 Å². The van der Waals surface area contributed by atoms with Crippen LogP contribution in [0.2, 0.25) is 5.02 Å². The molecule has 0 unspecified atom stereocenters. The second-order valence-corrected chi connectivity index (χ2v) is 6.85. The molecule has 0 saturated carbocycles. The first-order valence-corrected chi connectivity index (χ1v) is 8.75. The molecule has 0 aromatic carbocycles. The number of aliphatic hydroxyl groups excluding tert-OH is 1. The molecule has 6 nitrogen and oxygen atoms in total. The first kappa shape index (κ1) is 16.2. The maximum atomic E-state index is 12.7. The van der Waals surface area contributed by atoms with Crippen molar-refractivity contribution in [2.45, 2.75) is 12.8 Å². The average Bonchev–Trinajstić information content (AvgIpc) is 3.30. The van der Waals surface area contributed by atoms with Gasteiger partial charge in [-0.2, -0.15) is 0 Å². The Hall–Kier alpha value is -2.31. The second-order valence-electron chi connectivity index (χ2n) is 6.44. The van der Waals surface area contributed by atoms with Crippen LogP contribution in [0.15, 0.2) is 30.7 Å². The number of piperidine rings is 1. The summed E-state index contributed by atoms with van der Waals surface area (Å²) in [6.07, 6.45) is 6.93. The van der Waals surface area contributed by atoms with E-state index < -0.39 is 0 Å². The van der Waals surface area contributed by atoms with Crippen molar-refractivity contribution in [3.05, 3.63) is 41.4 Å². The van der Waals surface area contributed by atoms with Gasteiger partial charge in [-0.25, -0.2) is 4.98 Å². The summed E-state index contributed by atoms with van der Waals surface area (Å²) in [6.45, 7) is 1.55. The van der Waals surface area contributed by atoms with Crippen molar-refractivity contribution in [1.29, 1.82) is 0 Å². The van der Waals surface area contributed by atoms with Crippen LogP contribution in [0.25, 0.3) is 22.2 Å². The highest BCUT2D eigenvalue weighted by atomic mass is 35.5. The lowest BCUT2D eigenvalue weighted by Crippen LogP contribution is -2.39. The van der Waals surface area contributed by atoms with E-state index in [2.05, 4.69) is 15.0 Å². The molecule has 7 heteroatoms. The molecule has 0 aliphatic carbocycles. The molecule has 1 amide bonds. The number of hydrogen-bond donors (Lipinski definition) is 3. The van der Waals surface area contributed by atoms with Gasteiger partial charge in [-0.1, -0.05) is 11.6 Å². The van der Waals surface area contributed by atoms with Gasteiger partial charge in [0.1, 0.15) is 11.3 Å². The third-order valence-electron chi connectivity index (χ3n) is 4.90. The Kier molecular flexibility index (Phi) is 4.23. The average molecular weight is 359 g/mol. The topological polar surface area (TPSA) is 85.0 Å². The molecule has 0 spiro atoms. The molecule has 4 rings (SSSR count). The molecule has 1 aliphatic heterocycles. The molecule has 4 heterocycles. The maximum Gasteiger partial charge on any atom is 0.270 e. The predicted octanol–water partition coefficient (Wildman–Crippen LogP) is 3.06. The smallest absolute Gasteiger partial charge is 0.270 e. The molecule has 3 aromatic heterocycles. The van der Waals surface area contributed by atoms with Gasteiger partial charge in [0.05, 0.1) is 5.02 Å². The van der Waals surface area contributed by atoms with Crippen LogP contribution in [0.1, 0.15) is 23.3 Å². The lowest BCUT2D eigenvalue weighted by atomic mass is 9.97. The summed E-state index contributed by atoms with van der Waals surface area (Å²) in [5.41, 5.74) is 3.04. The minimum atomic E-state index is -0.0156. The number of carbonyl (C=O) groups is 1. The summed E-state index contributed by atoms with van der Waals surface area (Å²) < 4.78 is 0. The summed E-state index contributed by atoms with van der Waals surface area (Å²) in [7, 11) is 0. The largest absolute Gasteiger partial charge is 0.396 e. The third-order valence-corrected chi connectivity index (χ3v) is 5.19. The van der Waals surface area contributed by atoms with E-state index in [4.69, 9.17) is 11.6 Å². The Balaban J connectivity index is 1.61. The number of hydrogen-bond acceptors (Lipinski definition) is 3. The van der Waals surface area contributed by atoms with Crippen molar-refractivity contribution in [3.8, 4) is 11.1 Å². The van der Waals surface area contributed by atoms with E-state index in [0.717, 1.165) is 35.0 Å². The number of rotatable bonds is 3. The van der Waals surface area contributed by atoms with Crippen molar-refractivity contribution < 1.29 is 9.90 Å². The fourth-order valence-corrected chi connectivity index (χ4v) is 3.69. The Labute approximate surface area is 149 Å². The Bertz CT molecular complexity index is 909. The van der Waals surface area contributed by atoms with Gasteiger partial charge in [-0.3, -0.25) is 4.79 Å². The first-order chi connectivity index (χ1) is 12.2. The minimum Gasteiger partial charge on any atom is -0.396 e. The fraction of sp³-hybridized carbons (Fsp3) is 0.333. The highest BCUT2D eigenvalue weighted by Gasteiger charge is 2.24. The summed E-state index contributed by atoms with van der Waals surface area (Å²) in [4.78, 5) is 25.0. The van der Waals surface area contributed by atoms with Crippen molar-refractivity contribution in [3.63, 3.8) is 0 Å². The Morgan fingerprint density at radius 2 is 2.16 bits per heavy atom. The molecule has 1 fully saturated rings. The number of carbonyl (C=O) groups excluding carboxylic acids is 1. The van der Waals surface area contributed by atoms with Crippen LogP contribution in [0.5, 0.6) is 0 Å². The molecule has 0 bridgehead atoms. The number of H-pyrrole nitrogens is 2. The van der Waals surface area contributed by atoms with E-state index in [1.165, 1.54) is 0 Å². The van der Waals surface area contributed by atoms with Crippen LogP contribution in [0.3, 0.4) is 0 Å². The maximum absolute atomic E-state index is 12.7. The molecule has 3 N–H and O–H groups in total. The number of aromatic nitrogens is 3. The molecule has 25 heavy (non-hydrogen) atoms. The van der Waals surface area contributed by atoms with Gasteiger partial charge in [0, 0.05) is 54.8 Å². The van der Waals surface area contributed by atoms with Crippen LogP contribution in [0, 0.1) is 5.92 Å². The van der Waals surface area contributed by atoms with Crippen molar-refractivity contribution >= 4 is 28.5 Å². The van der Waals surface area contributed by atoms with Gasteiger partial charge in [0.25, 0.3) is 5.91 Å². The Morgan fingerprint density at radius 3 is 2.92 bits per heavy atom. The number of amides is 1. The van der Waals surface area contributed by atoms with Crippen LogP contribution < -0.4 is 0 Å². The molecule has 0 atom stereocenters. The van der Waals surface area contributed by atoms with Gasteiger partial charge in [0.2, 0.25) is 0 Å². The summed E-state index contributed by atoms with van der Waals surface area (Å²) in [5, 5.41) is 10.7. The highest BCUT2D eigenvalue weighted by molar-refractivity contribution is 6.34. The van der Waals surface area contributed by atoms with Crippen LogP contribution in [-0.2, 0) is 0 Å². The molecule has 130 valence electrons. The van der Waals surface area contributed by atoms with E-state index in [1.807, 2.05) is 23.2 Å². The molecule has 1 aliphatic rings. The lowest BCUT2D eigenvalue weighted by Gasteiger charge is -2.30. The lowest BCUT2D eigenvalue weighted by molar-refractivity contribution is 0.0646. The molecular weight excluding hydrogens is 340 g/mol. The number of aromatic amines is 2. The summed E-state index contributed by atoms with van der Waals surface area (Å²) in [5.74, 6) is 0.291.